The van der Waals surface area contributed by atoms with Gasteiger partial charge in [0.05, 0.1) is 6.26 Å². The highest BCUT2D eigenvalue weighted by atomic mass is 16.3. The first kappa shape index (κ1) is 16.9. The number of carbonyl (C=O) groups is 1. The van der Waals surface area contributed by atoms with Crippen LogP contribution < -0.4 is 5.32 Å². The van der Waals surface area contributed by atoms with E-state index < -0.39 is 0 Å². The zero-order valence-corrected chi connectivity index (χ0v) is 15.3. The lowest BCUT2D eigenvalue weighted by molar-refractivity contribution is 0.0775. The Morgan fingerprint density at radius 1 is 1.19 bits per heavy atom. The molecule has 1 amide bonds. The summed E-state index contributed by atoms with van der Waals surface area (Å²) in [4.78, 5) is 14.7. The zero-order chi connectivity index (χ0) is 18.1. The SMILES string of the molecule is Cc1cc(-c2ccc3occc3c2)ccc1C(=O)N(C)CC1CCNC1. The Bertz CT molecular complexity index is 938. The van der Waals surface area contributed by atoms with Crippen LogP contribution >= 0.6 is 0 Å². The van der Waals surface area contributed by atoms with Gasteiger partial charge >= 0.3 is 0 Å². The van der Waals surface area contributed by atoms with E-state index in [2.05, 4.69) is 23.5 Å². The number of hydrogen-bond acceptors (Lipinski definition) is 3. The van der Waals surface area contributed by atoms with Gasteiger partial charge in [-0.05, 0) is 73.3 Å². The summed E-state index contributed by atoms with van der Waals surface area (Å²) >= 11 is 0. The van der Waals surface area contributed by atoms with Crippen molar-refractivity contribution in [1.82, 2.24) is 10.2 Å². The van der Waals surface area contributed by atoms with Crippen LogP contribution in [0.3, 0.4) is 0 Å². The van der Waals surface area contributed by atoms with E-state index in [-0.39, 0.29) is 5.91 Å². The van der Waals surface area contributed by atoms with Crippen LogP contribution in [0.5, 0.6) is 0 Å². The van der Waals surface area contributed by atoms with Crippen molar-refractivity contribution < 1.29 is 9.21 Å². The van der Waals surface area contributed by atoms with Crippen molar-refractivity contribution in [3.63, 3.8) is 0 Å². The lowest BCUT2D eigenvalue weighted by Gasteiger charge is -2.22. The van der Waals surface area contributed by atoms with Crippen LogP contribution in [0.4, 0.5) is 0 Å². The van der Waals surface area contributed by atoms with Gasteiger partial charge in [0, 0.05) is 24.5 Å². The number of benzene rings is 2. The van der Waals surface area contributed by atoms with Crippen molar-refractivity contribution in [1.29, 1.82) is 0 Å². The van der Waals surface area contributed by atoms with Gasteiger partial charge in [-0.3, -0.25) is 4.79 Å². The second kappa shape index (κ2) is 6.96. The molecule has 0 saturated carbocycles. The minimum atomic E-state index is 0.103. The number of fused-ring (bicyclic) bond motifs is 1. The minimum Gasteiger partial charge on any atom is -0.464 e. The number of nitrogens with one attached hydrogen (secondary N) is 1. The minimum absolute atomic E-state index is 0.103. The first-order valence-electron chi connectivity index (χ1n) is 9.16. The molecule has 2 heterocycles. The highest BCUT2D eigenvalue weighted by molar-refractivity contribution is 5.96. The third-order valence-electron chi connectivity index (χ3n) is 5.28. The van der Waals surface area contributed by atoms with Crippen molar-refractivity contribution in [2.45, 2.75) is 13.3 Å². The maximum absolute atomic E-state index is 12.8. The monoisotopic (exact) mass is 348 g/mol. The summed E-state index contributed by atoms with van der Waals surface area (Å²) in [5, 5.41) is 4.45. The molecule has 1 aromatic heterocycles. The van der Waals surface area contributed by atoms with Gasteiger partial charge < -0.3 is 14.6 Å². The number of rotatable bonds is 4. The van der Waals surface area contributed by atoms with Crippen molar-refractivity contribution in [3.05, 3.63) is 59.9 Å². The van der Waals surface area contributed by atoms with Gasteiger partial charge in [-0.25, -0.2) is 0 Å². The van der Waals surface area contributed by atoms with E-state index >= 15 is 0 Å². The smallest absolute Gasteiger partial charge is 0.253 e. The summed E-state index contributed by atoms with van der Waals surface area (Å²) in [6, 6.07) is 14.2. The fourth-order valence-corrected chi connectivity index (χ4v) is 3.78. The Balaban J connectivity index is 1.55. The van der Waals surface area contributed by atoms with E-state index in [1.54, 1.807) is 6.26 Å². The first-order valence-corrected chi connectivity index (χ1v) is 9.16. The molecule has 4 rings (SSSR count). The number of aryl methyl sites for hydroxylation is 1. The molecule has 1 aliphatic heterocycles. The van der Waals surface area contributed by atoms with Gasteiger partial charge in [0.25, 0.3) is 5.91 Å². The van der Waals surface area contributed by atoms with Gasteiger partial charge in [0.15, 0.2) is 0 Å². The normalized spacial score (nSPS) is 16.9. The van der Waals surface area contributed by atoms with E-state index in [0.29, 0.717) is 5.92 Å². The number of nitrogens with zero attached hydrogens (tertiary/aromatic N) is 1. The standard InChI is InChI=1S/C22H24N2O2/c1-15-11-17(18-4-6-21-19(12-18)8-10-26-21)3-5-20(15)22(25)24(2)14-16-7-9-23-13-16/h3-6,8,10-12,16,23H,7,9,13-14H2,1-2H3. The summed E-state index contributed by atoms with van der Waals surface area (Å²) in [6.45, 7) is 4.88. The summed E-state index contributed by atoms with van der Waals surface area (Å²) in [6.07, 6.45) is 2.85. The lowest BCUT2D eigenvalue weighted by Crippen LogP contribution is -2.33. The van der Waals surface area contributed by atoms with Gasteiger partial charge in [-0.15, -0.1) is 0 Å². The summed E-state index contributed by atoms with van der Waals surface area (Å²) in [7, 11) is 1.90. The fraction of sp³-hybridized carbons (Fsp3) is 0.318. The van der Waals surface area contributed by atoms with E-state index in [1.165, 1.54) is 0 Å². The molecule has 1 fully saturated rings. The first-order chi connectivity index (χ1) is 12.6. The van der Waals surface area contributed by atoms with Crippen molar-refractivity contribution in [3.8, 4) is 11.1 Å². The van der Waals surface area contributed by atoms with Crippen LogP contribution in [0.15, 0.2) is 53.1 Å². The Morgan fingerprint density at radius 2 is 2.00 bits per heavy atom. The molecule has 1 saturated heterocycles. The molecule has 1 atom stereocenters. The van der Waals surface area contributed by atoms with E-state index in [4.69, 9.17) is 4.42 Å². The molecule has 26 heavy (non-hydrogen) atoms. The van der Waals surface area contributed by atoms with Gasteiger partial charge in [-0.2, -0.15) is 0 Å². The Morgan fingerprint density at radius 3 is 2.77 bits per heavy atom. The Hall–Kier alpha value is -2.59. The highest BCUT2D eigenvalue weighted by Crippen LogP contribution is 2.27. The zero-order valence-electron chi connectivity index (χ0n) is 15.3. The Kier molecular flexibility index (Phi) is 4.51. The van der Waals surface area contributed by atoms with Crippen LogP contribution in [-0.2, 0) is 0 Å². The lowest BCUT2D eigenvalue weighted by atomic mass is 9.98. The molecule has 0 radical (unpaired) electrons. The van der Waals surface area contributed by atoms with Crippen molar-refractivity contribution in [2.75, 3.05) is 26.7 Å². The van der Waals surface area contributed by atoms with Gasteiger partial charge in [-0.1, -0.05) is 18.2 Å². The van der Waals surface area contributed by atoms with Crippen LogP contribution in [0.1, 0.15) is 22.3 Å². The Labute approximate surface area is 153 Å². The van der Waals surface area contributed by atoms with E-state index in [0.717, 1.165) is 59.3 Å². The molecule has 1 aliphatic rings. The maximum atomic E-state index is 12.8. The molecule has 1 unspecified atom stereocenters. The van der Waals surface area contributed by atoms with Crippen LogP contribution in [0.25, 0.3) is 22.1 Å². The molecule has 0 spiro atoms. The van der Waals surface area contributed by atoms with Crippen molar-refractivity contribution in [2.24, 2.45) is 5.92 Å². The van der Waals surface area contributed by atoms with Crippen LogP contribution in [0, 0.1) is 12.8 Å². The highest BCUT2D eigenvalue weighted by Gasteiger charge is 2.21. The third kappa shape index (κ3) is 3.25. The van der Waals surface area contributed by atoms with Gasteiger partial charge in [0.2, 0.25) is 0 Å². The fourth-order valence-electron chi connectivity index (χ4n) is 3.78. The molecule has 4 nitrogen and oxygen atoms in total. The number of amides is 1. The molecule has 0 aliphatic carbocycles. The molecular formula is C22H24N2O2. The molecule has 3 aromatic rings. The number of furan rings is 1. The van der Waals surface area contributed by atoms with E-state index in [1.807, 2.05) is 43.1 Å². The third-order valence-corrected chi connectivity index (χ3v) is 5.28. The molecule has 0 bridgehead atoms. The number of hydrogen-bond donors (Lipinski definition) is 1. The number of carbonyl (C=O) groups excluding carboxylic acids is 1. The summed E-state index contributed by atoms with van der Waals surface area (Å²) < 4.78 is 5.41. The maximum Gasteiger partial charge on any atom is 0.253 e. The second-order valence-electron chi connectivity index (χ2n) is 7.25. The second-order valence-corrected chi connectivity index (χ2v) is 7.25. The van der Waals surface area contributed by atoms with Crippen LogP contribution in [0.2, 0.25) is 0 Å². The largest absolute Gasteiger partial charge is 0.464 e. The van der Waals surface area contributed by atoms with Gasteiger partial charge in [0.1, 0.15) is 5.58 Å². The molecule has 4 heteroatoms. The van der Waals surface area contributed by atoms with Crippen molar-refractivity contribution >= 4 is 16.9 Å². The molecule has 2 aromatic carbocycles. The van der Waals surface area contributed by atoms with E-state index in [9.17, 15) is 4.79 Å². The van der Waals surface area contributed by atoms with Crippen LogP contribution in [-0.4, -0.2) is 37.5 Å². The summed E-state index contributed by atoms with van der Waals surface area (Å²) in [5.41, 5.74) is 4.93. The predicted octanol–water partition coefficient (Wildman–Crippen LogP) is 4.09. The molecular weight excluding hydrogens is 324 g/mol. The summed E-state index contributed by atoms with van der Waals surface area (Å²) in [5.74, 6) is 0.663. The topological polar surface area (TPSA) is 45.5 Å². The quantitative estimate of drug-likeness (QED) is 0.772. The average Bonchev–Trinajstić information content (AvgIpc) is 3.31. The average molecular weight is 348 g/mol. The molecule has 1 N–H and O–H groups in total. The molecule has 134 valence electrons. The predicted molar refractivity (Wildman–Crippen MR) is 104 cm³/mol.